The summed E-state index contributed by atoms with van der Waals surface area (Å²) in [5.41, 5.74) is 5.38. The molecule has 4 aromatic rings. The van der Waals surface area contributed by atoms with Crippen LogP contribution in [-0.2, 0) is 4.79 Å². The fraction of sp³-hybridized carbons (Fsp3) is 0.250. The number of aliphatic carboxylic acids is 1. The number of aliphatic hydroxyl groups excluding tert-OH is 2. The largest absolute Gasteiger partial charge is 1.00 e. The van der Waals surface area contributed by atoms with Gasteiger partial charge in [-0.2, -0.15) is 0 Å². The van der Waals surface area contributed by atoms with Gasteiger partial charge in [-0.1, -0.05) is 80.6 Å². The van der Waals surface area contributed by atoms with Crippen molar-refractivity contribution >= 4 is 28.3 Å². The van der Waals surface area contributed by atoms with Gasteiger partial charge in [-0.05, 0) is 22.9 Å². The van der Waals surface area contributed by atoms with Crippen molar-refractivity contribution in [1.82, 2.24) is 4.40 Å². The number of hydrogen-bond acceptors (Lipinski definition) is 4. The van der Waals surface area contributed by atoms with Crippen LogP contribution < -0.4 is 34.7 Å². The first-order valence-electron chi connectivity index (χ1n) is 11.2. The molecule has 170 valence electrons. The molecule has 0 saturated carbocycles. The monoisotopic (exact) mass is 465 g/mol. The Labute approximate surface area is 221 Å². The van der Waals surface area contributed by atoms with Crippen molar-refractivity contribution in [3.63, 3.8) is 0 Å². The molecule has 6 heteroatoms. The molecule has 2 heterocycles. The number of carboxylic acid groups (broad SMARTS) is 1. The fourth-order valence-electron chi connectivity index (χ4n) is 4.55. The normalized spacial score (nSPS) is 13.4. The Morgan fingerprint density at radius 2 is 1.71 bits per heavy atom. The third kappa shape index (κ3) is 5.45. The summed E-state index contributed by atoms with van der Waals surface area (Å²) in [6.45, 7) is 4.28. The van der Waals surface area contributed by atoms with Crippen LogP contribution in [0.2, 0.25) is 0 Å². The number of aliphatic hydroxyl groups is 2. The smallest absolute Gasteiger partial charge is 0.550 e. The first-order chi connectivity index (χ1) is 15.9. The van der Waals surface area contributed by atoms with Crippen molar-refractivity contribution in [3.05, 3.63) is 84.2 Å². The SMILES string of the molecule is CC(C)c1c(/C=C/C(O)CC(O)CC(=O)[O-])c(-c2ccccc2)c2c3ccccc3ccn12.[Na+]. The van der Waals surface area contributed by atoms with Crippen LogP contribution >= 0.6 is 0 Å². The molecule has 2 aromatic heterocycles. The first-order valence-corrected chi connectivity index (χ1v) is 11.2. The zero-order valence-electron chi connectivity index (χ0n) is 19.8. The summed E-state index contributed by atoms with van der Waals surface area (Å²) in [7, 11) is 0. The summed E-state index contributed by atoms with van der Waals surface area (Å²) in [4.78, 5) is 10.7. The summed E-state index contributed by atoms with van der Waals surface area (Å²) < 4.78 is 2.23. The summed E-state index contributed by atoms with van der Waals surface area (Å²) >= 11 is 0. The third-order valence-corrected chi connectivity index (χ3v) is 5.91. The second kappa shape index (κ2) is 11.3. The Morgan fingerprint density at radius 1 is 1.03 bits per heavy atom. The maximum absolute atomic E-state index is 10.7. The van der Waals surface area contributed by atoms with Crippen molar-refractivity contribution in [2.24, 2.45) is 0 Å². The van der Waals surface area contributed by atoms with E-state index in [-0.39, 0.29) is 41.9 Å². The van der Waals surface area contributed by atoms with E-state index in [1.165, 1.54) is 0 Å². The molecule has 2 unspecified atom stereocenters. The number of carbonyl (C=O) groups is 1. The molecule has 0 aliphatic carbocycles. The molecule has 0 aliphatic rings. The molecular formula is C28H28NNaO4. The van der Waals surface area contributed by atoms with E-state index < -0.39 is 24.6 Å². The van der Waals surface area contributed by atoms with E-state index >= 15 is 0 Å². The number of aromatic nitrogens is 1. The topological polar surface area (TPSA) is 85.0 Å². The molecule has 0 spiro atoms. The van der Waals surface area contributed by atoms with E-state index in [1.807, 2.05) is 36.4 Å². The van der Waals surface area contributed by atoms with Crippen molar-refractivity contribution in [1.29, 1.82) is 0 Å². The van der Waals surface area contributed by atoms with Crippen LogP contribution in [-0.4, -0.2) is 32.8 Å². The van der Waals surface area contributed by atoms with Gasteiger partial charge in [-0.3, -0.25) is 0 Å². The van der Waals surface area contributed by atoms with E-state index in [9.17, 15) is 20.1 Å². The minimum atomic E-state index is -1.34. The van der Waals surface area contributed by atoms with Gasteiger partial charge in [0.15, 0.2) is 0 Å². The molecule has 0 fully saturated rings. The van der Waals surface area contributed by atoms with Crippen molar-refractivity contribution in [2.75, 3.05) is 0 Å². The van der Waals surface area contributed by atoms with E-state index in [4.69, 9.17) is 0 Å². The molecule has 0 aliphatic heterocycles. The molecule has 0 bridgehead atoms. The fourth-order valence-corrected chi connectivity index (χ4v) is 4.55. The molecule has 34 heavy (non-hydrogen) atoms. The quantitative estimate of drug-likeness (QED) is 0.383. The summed E-state index contributed by atoms with van der Waals surface area (Å²) in [5.74, 6) is -1.13. The number of rotatable bonds is 8. The Hall–Kier alpha value is -2.41. The minimum absolute atomic E-state index is 0. The van der Waals surface area contributed by atoms with E-state index in [0.717, 1.165) is 38.7 Å². The van der Waals surface area contributed by atoms with Crippen LogP contribution in [0.3, 0.4) is 0 Å². The predicted molar refractivity (Wildman–Crippen MR) is 130 cm³/mol. The van der Waals surface area contributed by atoms with Crippen LogP contribution in [0.5, 0.6) is 0 Å². The molecule has 0 amide bonds. The maximum atomic E-state index is 10.7. The van der Waals surface area contributed by atoms with Gasteiger partial charge >= 0.3 is 29.6 Å². The average molecular weight is 466 g/mol. The van der Waals surface area contributed by atoms with Crippen molar-refractivity contribution < 1.29 is 49.7 Å². The average Bonchev–Trinajstić information content (AvgIpc) is 3.12. The summed E-state index contributed by atoms with van der Waals surface area (Å²) in [5, 5.41) is 33.4. The van der Waals surface area contributed by atoms with Gasteiger partial charge in [0.1, 0.15) is 0 Å². The Balaban J connectivity index is 0.00000324. The van der Waals surface area contributed by atoms with Crippen LogP contribution in [0.25, 0.3) is 33.5 Å². The Morgan fingerprint density at radius 3 is 2.38 bits per heavy atom. The molecule has 4 rings (SSSR count). The third-order valence-electron chi connectivity index (χ3n) is 5.91. The molecule has 2 atom stereocenters. The molecule has 0 radical (unpaired) electrons. The van der Waals surface area contributed by atoms with Gasteiger partial charge in [-0.15, -0.1) is 0 Å². The van der Waals surface area contributed by atoms with E-state index in [0.29, 0.717) is 0 Å². The van der Waals surface area contributed by atoms with Crippen LogP contribution in [0.4, 0.5) is 0 Å². The van der Waals surface area contributed by atoms with Crippen molar-refractivity contribution in [3.8, 4) is 11.1 Å². The number of pyridine rings is 1. The second-order valence-corrected chi connectivity index (χ2v) is 8.71. The number of fused-ring (bicyclic) bond motifs is 3. The molecule has 2 aromatic carbocycles. The zero-order chi connectivity index (χ0) is 23.5. The van der Waals surface area contributed by atoms with Gasteiger partial charge in [0, 0.05) is 47.2 Å². The molecule has 2 N–H and O–H groups in total. The number of carbonyl (C=O) groups excluding carboxylic acids is 1. The Kier molecular flexibility index (Phi) is 8.74. The van der Waals surface area contributed by atoms with Gasteiger partial charge < -0.3 is 24.5 Å². The van der Waals surface area contributed by atoms with E-state index in [2.05, 4.69) is 54.8 Å². The number of carboxylic acids is 1. The minimum Gasteiger partial charge on any atom is -0.550 e. The second-order valence-electron chi connectivity index (χ2n) is 8.71. The standard InChI is InChI=1S/C28H29NO4.Na/c1-18(2)27-24(13-12-21(30)16-22(31)17-25(32)33)26(20-9-4-3-5-10-20)28-23-11-7-6-8-19(23)14-15-29(27)28;/h3-15,18,21-22,30-31H,16-17H2,1-2H3,(H,32,33);/q;+1/p-1/b13-12+;. The molecular weight excluding hydrogens is 437 g/mol. The predicted octanol–water partition coefficient (Wildman–Crippen LogP) is 1.15. The van der Waals surface area contributed by atoms with Gasteiger partial charge in [0.05, 0.1) is 17.7 Å². The maximum Gasteiger partial charge on any atom is 1.00 e. The van der Waals surface area contributed by atoms with Gasteiger partial charge in [0.25, 0.3) is 0 Å². The van der Waals surface area contributed by atoms with Crippen LogP contribution in [0, 0.1) is 0 Å². The van der Waals surface area contributed by atoms with Gasteiger partial charge in [-0.25, -0.2) is 0 Å². The number of benzene rings is 2. The summed E-state index contributed by atoms with van der Waals surface area (Å²) in [6, 6.07) is 20.6. The van der Waals surface area contributed by atoms with Crippen molar-refractivity contribution in [2.45, 2.75) is 44.8 Å². The number of hydrogen-bond donors (Lipinski definition) is 2. The zero-order valence-corrected chi connectivity index (χ0v) is 21.8. The van der Waals surface area contributed by atoms with Gasteiger partial charge in [0.2, 0.25) is 0 Å². The number of nitrogens with zero attached hydrogens (tertiary/aromatic N) is 1. The first kappa shape index (κ1) is 26.2. The Bertz CT molecular complexity index is 1310. The summed E-state index contributed by atoms with van der Waals surface area (Å²) in [6.07, 6.45) is 2.91. The molecule has 0 saturated heterocycles. The van der Waals surface area contributed by atoms with Crippen LogP contribution in [0.1, 0.15) is 43.9 Å². The van der Waals surface area contributed by atoms with Crippen LogP contribution in [0.15, 0.2) is 72.9 Å². The van der Waals surface area contributed by atoms with E-state index in [1.54, 1.807) is 6.08 Å². The molecule has 5 nitrogen and oxygen atoms in total.